The minimum absolute atomic E-state index is 0.108. The number of carbonyl (C=O) groups excluding carboxylic acids is 2. The van der Waals surface area contributed by atoms with Crippen molar-refractivity contribution in [3.05, 3.63) is 12.2 Å². The van der Waals surface area contributed by atoms with E-state index in [9.17, 15) is 9.59 Å². The highest BCUT2D eigenvalue weighted by molar-refractivity contribution is 5.91. The number of carbonyl (C=O) groups is 2. The van der Waals surface area contributed by atoms with Gasteiger partial charge in [-0.3, -0.25) is 9.59 Å². The molecule has 1 saturated heterocycles. The van der Waals surface area contributed by atoms with E-state index in [0.717, 1.165) is 32.1 Å². The highest BCUT2D eigenvalue weighted by atomic mass is 16.6. The van der Waals surface area contributed by atoms with Crippen LogP contribution in [0.1, 0.15) is 104 Å². The van der Waals surface area contributed by atoms with E-state index in [0.29, 0.717) is 18.6 Å². The molecule has 0 spiro atoms. The van der Waals surface area contributed by atoms with E-state index in [1.165, 1.54) is 52.1 Å². The Morgan fingerprint density at radius 2 is 1.79 bits per heavy atom. The second kappa shape index (κ2) is 11.1. The molecule has 0 aromatic carbocycles. The molecule has 2 aliphatic rings. The van der Waals surface area contributed by atoms with Crippen LogP contribution in [0.2, 0.25) is 0 Å². The Morgan fingerprint density at radius 1 is 1.11 bits per heavy atom. The number of ether oxygens (including phenoxy) is 2. The topological polar surface area (TPSA) is 55.9 Å². The molecule has 0 aromatic heterocycles. The Balaban J connectivity index is 1.75. The van der Waals surface area contributed by atoms with Gasteiger partial charge in [-0.1, -0.05) is 70.4 Å². The van der Waals surface area contributed by atoms with Crippen molar-refractivity contribution in [2.75, 3.05) is 7.11 Å². The van der Waals surface area contributed by atoms with Crippen LogP contribution in [0.15, 0.2) is 12.2 Å². The number of Topliss-reactive ketones (excluding diaryl/α,β-unsaturated/α-hetero) is 1. The minimum Gasteiger partial charge on any atom is -0.469 e. The van der Waals surface area contributed by atoms with Gasteiger partial charge >= 0.3 is 5.97 Å². The molecule has 0 bridgehead atoms. The average molecular weight is 393 g/mol. The molecule has 3 atom stereocenters. The first-order chi connectivity index (χ1) is 13.5. The lowest BCUT2D eigenvalue weighted by Crippen LogP contribution is -2.32. The van der Waals surface area contributed by atoms with E-state index in [-0.39, 0.29) is 23.1 Å². The first-order valence-corrected chi connectivity index (χ1v) is 11.4. The molecule has 160 valence electrons. The molecular formula is C24H40O4. The lowest BCUT2D eigenvalue weighted by molar-refractivity contribution is -0.140. The van der Waals surface area contributed by atoms with Gasteiger partial charge in [0.15, 0.2) is 0 Å². The van der Waals surface area contributed by atoms with Crippen LogP contribution in [-0.4, -0.2) is 30.6 Å². The molecule has 1 aliphatic carbocycles. The maximum atomic E-state index is 12.9. The standard InChI is InChI=1S/C24H40O4/c1-4-5-6-7-8-9-11-14-17-24(20(25)19-23(2)22(24)28-23)18-15-12-10-13-16-21(26)27-3/h12,15,22H,4-11,13-14,16-19H2,1-3H3/t22-,23+,24+/m1/s1. The molecule has 1 aliphatic heterocycles. The van der Waals surface area contributed by atoms with Crippen LogP contribution in [0.3, 0.4) is 0 Å². The number of esters is 1. The zero-order valence-corrected chi connectivity index (χ0v) is 18.3. The molecule has 0 radical (unpaired) electrons. The summed E-state index contributed by atoms with van der Waals surface area (Å²) in [4.78, 5) is 24.0. The maximum absolute atomic E-state index is 12.9. The molecule has 2 fully saturated rings. The van der Waals surface area contributed by atoms with E-state index >= 15 is 0 Å². The minimum atomic E-state index is -0.310. The Kier molecular flexibility index (Phi) is 9.20. The largest absolute Gasteiger partial charge is 0.469 e. The lowest BCUT2D eigenvalue weighted by Gasteiger charge is -2.27. The normalized spacial score (nSPS) is 28.7. The summed E-state index contributed by atoms with van der Waals surface area (Å²) in [6.07, 6.45) is 19.0. The van der Waals surface area contributed by atoms with Crippen LogP contribution in [0.25, 0.3) is 0 Å². The van der Waals surface area contributed by atoms with Gasteiger partial charge in [0.05, 0.1) is 18.1 Å². The molecule has 28 heavy (non-hydrogen) atoms. The van der Waals surface area contributed by atoms with E-state index in [1.807, 2.05) is 0 Å². The van der Waals surface area contributed by atoms with Crippen molar-refractivity contribution in [2.45, 2.75) is 115 Å². The van der Waals surface area contributed by atoms with Crippen LogP contribution in [0, 0.1) is 5.41 Å². The molecule has 0 unspecified atom stereocenters. The van der Waals surface area contributed by atoms with Gasteiger partial charge in [0.1, 0.15) is 11.9 Å². The summed E-state index contributed by atoms with van der Waals surface area (Å²) in [5, 5.41) is 0. The van der Waals surface area contributed by atoms with Gasteiger partial charge in [0.2, 0.25) is 0 Å². The molecule has 1 saturated carbocycles. The van der Waals surface area contributed by atoms with Gasteiger partial charge in [0.25, 0.3) is 0 Å². The second-order valence-electron chi connectivity index (χ2n) is 8.94. The number of epoxide rings is 1. The number of ketones is 1. The molecule has 2 rings (SSSR count). The average Bonchev–Trinajstić information content (AvgIpc) is 3.30. The fourth-order valence-electron chi connectivity index (χ4n) is 4.75. The predicted octanol–water partition coefficient (Wildman–Crippen LogP) is 5.92. The zero-order valence-electron chi connectivity index (χ0n) is 18.3. The zero-order chi connectivity index (χ0) is 20.5. The van der Waals surface area contributed by atoms with Crippen LogP contribution in [0.5, 0.6) is 0 Å². The van der Waals surface area contributed by atoms with Gasteiger partial charge in [-0.2, -0.15) is 0 Å². The first kappa shape index (κ1) is 23.1. The van der Waals surface area contributed by atoms with Crippen molar-refractivity contribution in [1.82, 2.24) is 0 Å². The Hall–Kier alpha value is -1.16. The van der Waals surface area contributed by atoms with Crippen molar-refractivity contribution < 1.29 is 19.1 Å². The summed E-state index contributed by atoms with van der Waals surface area (Å²) in [7, 11) is 1.42. The number of allylic oxidation sites excluding steroid dienone is 2. The molecule has 0 N–H and O–H groups in total. The Bertz CT molecular complexity index is 541. The fourth-order valence-corrected chi connectivity index (χ4v) is 4.75. The number of hydrogen-bond acceptors (Lipinski definition) is 4. The van der Waals surface area contributed by atoms with E-state index < -0.39 is 0 Å². The second-order valence-corrected chi connectivity index (χ2v) is 8.94. The number of hydrogen-bond donors (Lipinski definition) is 0. The summed E-state index contributed by atoms with van der Waals surface area (Å²) in [5.74, 6) is 0.237. The highest BCUT2D eigenvalue weighted by Gasteiger charge is 2.71. The monoisotopic (exact) mass is 392 g/mol. The van der Waals surface area contributed by atoms with E-state index in [2.05, 4.69) is 30.7 Å². The van der Waals surface area contributed by atoms with Crippen LogP contribution in [-0.2, 0) is 19.1 Å². The van der Waals surface area contributed by atoms with Crippen molar-refractivity contribution in [3.63, 3.8) is 0 Å². The van der Waals surface area contributed by atoms with Crippen molar-refractivity contribution in [2.24, 2.45) is 5.41 Å². The van der Waals surface area contributed by atoms with Gasteiger partial charge in [0, 0.05) is 12.8 Å². The van der Waals surface area contributed by atoms with Crippen molar-refractivity contribution in [1.29, 1.82) is 0 Å². The Labute approximate surface area is 171 Å². The molecule has 0 aromatic rings. The fraction of sp³-hybridized carbons (Fsp3) is 0.833. The summed E-state index contributed by atoms with van der Waals surface area (Å²) >= 11 is 0. The summed E-state index contributed by atoms with van der Waals surface area (Å²) < 4.78 is 10.6. The lowest BCUT2D eigenvalue weighted by atomic mass is 9.75. The number of rotatable bonds is 15. The van der Waals surface area contributed by atoms with Crippen molar-refractivity contribution in [3.8, 4) is 0 Å². The highest BCUT2D eigenvalue weighted by Crippen LogP contribution is 2.60. The van der Waals surface area contributed by atoms with Crippen molar-refractivity contribution >= 4 is 11.8 Å². The number of unbranched alkanes of at least 4 members (excludes halogenated alkanes) is 8. The smallest absolute Gasteiger partial charge is 0.305 e. The predicted molar refractivity (Wildman–Crippen MR) is 112 cm³/mol. The SMILES string of the molecule is CCCCCCCCCC[C@]1(CC=CCCCC(=O)OC)C(=O)C[C@]2(C)O[C@@H]12. The van der Waals surface area contributed by atoms with E-state index in [1.54, 1.807) is 0 Å². The van der Waals surface area contributed by atoms with Gasteiger partial charge in [-0.05, 0) is 32.6 Å². The van der Waals surface area contributed by atoms with Crippen LogP contribution < -0.4 is 0 Å². The number of fused-ring (bicyclic) bond motifs is 1. The van der Waals surface area contributed by atoms with Gasteiger partial charge < -0.3 is 9.47 Å². The molecular weight excluding hydrogens is 352 g/mol. The third kappa shape index (κ3) is 6.17. The van der Waals surface area contributed by atoms with Crippen LogP contribution >= 0.6 is 0 Å². The quantitative estimate of drug-likeness (QED) is 0.150. The number of methoxy groups -OCH3 is 1. The first-order valence-electron chi connectivity index (χ1n) is 11.4. The summed E-state index contributed by atoms with van der Waals surface area (Å²) in [6, 6.07) is 0. The third-order valence-corrected chi connectivity index (χ3v) is 6.56. The van der Waals surface area contributed by atoms with E-state index in [4.69, 9.17) is 4.74 Å². The summed E-state index contributed by atoms with van der Waals surface area (Å²) in [6.45, 7) is 4.34. The molecule has 4 nitrogen and oxygen atoms in total. The molecule has 0 amide bonds. The molecule has 4 heteroatoms. The molecule has 1 heterocycles. The van der Waals surface area contributed by atoms with Crippen LogP contribution in [0.4, 0.5) is 0 Å². The third-order valence-electron chi connectivity index (χ3n) is 6.56. The van der Waals surface area contributed by atoms with Gasteiger partial charge in [-0.15, -0.1) is 0 Å². The van der Waals surface area contributed by atoms with Gasteiger partial charge in [-0.25, -0.2) is 0 Å². The Morgan fingerprint density at radius 3 is 2.39 bits per heavy atom. The maximum Gasteiger partial charge on any atom is 0.305 e. The summed E-state index contributed by atoms with van der Waals surface area (Å²) in [5.41, 5.74) is -0.508.